The summed E-state index contributed by atoms with van der Waals surface area (Å²) in [5.41, 5.74) is 1.64. The largest absolute Gasteiger partial charge is 0.392 e. The van der Waals surface area contributed by atoms with E-state index in [2.05, 4.69) is 6.92 Å². The van der Waals surface area contributed by atoms with Gasteiger partial charge in [0.2, 0.25) is 0 Å². The van der Waals surface area contributed by atoms with Gasteiger partial charge in [0, 0.05) is 0 Å². The second kappa shape index (κ2) is 4.97. The summed E-state index contributed by atoms with van der Waals surface area (Å²) in [6.07, 6.45) is 3.06. The third-order valence-corrected chi connectivity index (χ3v) is 2.02. The van der Waals surface area contributed by atoms with Crippen LogP contribution in [0.1, 0.15) is 30.9 Å². The summed E-state index contributed by atoms with van der Waals surface area (Å²) in [6.45, 7) is 2.02. The summed E-state index contributed by atoms with van der Waals surface area (Å²) in [6, 6.07) is 4.77. The molecule has 0 aliphatic rings. The zero-order chi connectivity index (χ0) is 9.68. The Bertz CT molecular complexity index is 271. The number of hydrogen-bond donors (Lipinski definition) is 1. The minimum absolute atomic E-state index is 0.0864. The molecule has 0 amide bonds. The zero-order valence-electron chi connectivity index (χ0n) is 7.89. The van der Waals surface area contributed by atoms with Gasteiger partial charge >= 0.3 is 0 Å². The number of unbranched alkanes of at least 4 members (excludes halogenated alkanes) is 1. The summed E-state index contributed by atoms with van der Waals surface area (Å²) in [7, 11) is 0. The van der Waals surface area contributed by atoms with Crippen molar-refractivity contribution in [2.45, 2.75) is 32.8 Å². The Morgan fingerprint density at radius 1 is 1.23 bits per heavy atom. The van der Waals surface area contributed by atoms with Crippen molar-refractivity contribution >= 4 is 0 Å². The molecule has 0 aliphatic carbocycles. The molecule has 0 atom stereocenters. The lowest BCUT2D eigenvalue weighted by Crippen LogP contribution is -1.91. The summed E-state index contributed by atoms with van der Waals surface area (Å²) in [4.78, 5) is 0. The lowest BCUT2D eigenvalue weighted by Gasteiger charge is -2.03. The van der Waals surface area contributed by atoms with Gasteiger partial charge in [-0.2, -0.15) is 0 Å². The first-order chi connectivity index (χ1) is 6.26. The van der Waals surface area contributed by atoms with E-state index in [0.717, 1.165) is 24.8 Å². The lowest BCUT2D eigenvalue weighted by molar-refractivity contribution is 0.281. The van der Waals surface area contributed by atoms with E-state index in [0.29, 0.717) is 5.56 Å². The molecule has 1 N–H and O–H groups in total. The summed E-state index contributed by atoms with van der Waals surface area (Å²) >= 11 is 0. The Balaban J connectivity index is 2.76. The van der Waals surface area contributed by atoms with Gasteiger partial charge in [0.15, 0.2) is 0 Å². The van der Waals surface area contributed by atoms with Crippen LogP contribution in [0.4, 0.5) is 4.39 Å². The molecule has 72 valence electrons. The molecule has 13 heavy (non-hydrogen) atoms. The van der Waals surface area contributed by atoms with Crippen LogP contribution in [-0.4, -0.2) is 5.11 Å². The van der Waals surface area contributed by atoms with Crippen molar-refractivity contribution in [1.82, 2.24) is 0 Å². The topological polar surface area (TPSA) is 20.2 Å². The highest BCUT2D eigenvalue weighted by atomic mass is 19.1. The van der Waals surface area contributed by atoms with Gasteiger partial charge in [-0.1, -0.05) is 19.4 Å². The maximum Gasteiger partial charge on any atom is 0.123 e. The molecular formula is C11H15FO. The van der Waals surface area contributed by atoms with Crippen LogP contribution >= 0.6 is 0 Å². The van der Waals surface area contributed by atoms with Crippen molar-refractivity contribution in [3.05, 3.63) is 35.1 Å². The molecule has 1 nitrogen and oxygen atoms in total. The van der Waals surface area contributed by atoms with E-state index in [1.807, 2.05) is 6.07 Å². The minimum Gasteiger partial charge on any atom is -0.392 e. The predicted octanol–water partition coefficient (Wildman–Crippen LogP) is 2.66. The monoisotopic (exact) mass is 182 g/mol. The standard InChI is InChI=1S/C11H15FO/c1-2-3-4-9-5-10(8-13)7-11(12)6-9/h5-7,13H,2-4,8H2,1H3. The predicted molar refractivity (Wildman–Crippen MR) is 50.9 cm³/mol. The SMILES string of the molecule is CCCCc1cc(F)cc(CO)c1. The Labute approximate surface area is 78.2 Å². The van der Waals surface area contributed by atoms with Crippen LogP contribution in [0, 0.1) is 5.82 Å². The molecule has 1 aromatic carbocycles. The van der Waals surface area contributed by atoms with Crippen molar-refractivity contribution in [3.63, 3.8) is 0 Å². The number of halogens is 1. The number of aryl methyl sites for hydroxylation is 1. The molecule has 1 rings (SSSR count). The summed E-state index contributed by atoms with van der Waals surface area (Å²) in [5, 5.41) is 8.85. The molecule has 0 heterocycles. The first-order valence-corrected chi connectivity index (χ1v) is 4.65. The number of aliphatic hydroxyl groups is 1. The van der Waals surface area contributed by atoms with Gasteiger partial charge in [-0.15, -0.1) is 0 Å². The number of benzene rings is 1. The van der Waals surface area contributed by atoms with Crippen LogP contribution in [0.3, 0.4) is 0 Å². The molecule has 0 bridgehead atoms. The smallest absolute Gasteiger partial charge is 0.123 e. The number of rotatable bonds is 4. The fourth-order valence-electron chi connectivity index (χ4n) is 1.33. The van der Waals surface area contributed by atoms with Gasteiger partial charge in [-0.3, -0.25) is 0 Å². The van der Waals surface area contributed by atoms with E-state index in [4.69, 9.17) is 5.11 Å². The molecule has 2 heteroatoms. The second-order valence-electron chi connectivity index (χ2n) is 3.23. The van der Waals surface area contributed by atoms with Crippen LogP contribution in [0.15, 0.2) is 18.2 Å². The third-order valence-electron chi connectivity index (χ3n) is 2.02. The van der Waals surface area contributed by atoms with E-state index in [9.17, 15) is 4.39 Å². The van der Waals surface area contributed by atoms with E-state index >= 15 is 0 Å². The zero-order valence-corrected chi connectivity index (χ0v) is 7.89. The third kappa shape index (κ3) is 3.15. The first kappa shape index (κ1) is 10.2. The Morgan fingerprint density at radius 3 is 2.54 bits per heavy atom. The highest BCUT2D eigenvalue weighted by molar-refractivity contribution is 5.24. The average molecular weight is 182 g/mol. The van der Waals surface area contributed by atoms with Crippen molar-refractivity contribution in [2.75, 3.05) is 0 Å². The maximum atomic E-state index is 12.9. The molecule has 0 aliphatic heterocycles. The second-order valence-corrected chi connectivity index (χ2v) is 3.23. The molecule has 0 radical (unpaired) electrons. The molecule has 1 aromatic rings. The van der Waals surface area contributed by atoms with Gasteiger partial charge in [-0.25, -0.2) is 4.39 Å². The van der Waals surface area contributed by atoms with Gasteiger partial charge in [0.1, 0.15) is 5.82 Å². The maximum absolute atomic E-state index is 12.9. The molecule has 0 saturated heterocycles. The highest BCUT2D eigenvalue weighted by Gasteiger charge is 1.99. The Morgan fingerprint density at radius 2 is 1.92 bits per heavy atom. The van der Waals surface area contributed by atoms with Gasteiger partial charge in [0.25, 0.3) is 0 Å². The van der Waals surface area contributed by atoms with E-state index < -0.39 is 0 Å². The van der Waals surface area contributed by atoms with Crippen LogP contribution in [0.5, 0.6) is 0 Å². The van der Waals surface area contributed by atoms with Crippen molar-refractivity contribution in [3.8, 4) is 0 Å². The summed E-state index contributed by atoms with van der Waals surface area (Å²) < 4.78 is 12.9. The van der Waals surface area contributed by atoms with Crippen molar-refractivity contribution in [2.24, 2.45) is 0 Å². The molecule has 0 saturated carbocycles. The van der Waals surface area contributed by atoms with E-state index in [1.54, 1.807) is 0 Å². The lowest BCUT2D eigenvalue weighted by atomic mass is 10.1. The van der Waals surface area contributed by atoms with Crippen LogP contribution in [0.2, 0.25) is 0 Å². The van der Waals surface area contributed by atoms with Crippen molar-refractivity contribution < 1.29 is 9.50 Å². The molecule has 0 spiro atoms. The normalized spacial score (nSPS) is 10.4. The number of aliphatic hydroxyl groups excluding tert-OH is 1. The fraction of sp³-hybridized carbons (Fsp3) is 0.455. The molecule has 0 unspecified atom stereocenters. The van der Waals surface area contributed by atoms with Crippen LogP contribution in [0.25, 0.3) is 0 Å². The first-order valence-electron chi connectivity index (χ1n) is 4.65. The van der Waals surface area contributed by atoms with E-state index in [1.165, 1.54) is 12.1 Å². The van der Waals surface area contributed by atoms with Gasteiger partial charge in [-0.05, 0) is 36.1 Å². The highest BCUT2D eigenvalue weighted by Crippen LogP contribution is 2.11. The van der Waals surface area contributed by atoms with E-state index in [-0.39, 0.29) is 12.4 Å². The minimum atomic E-state index is -0.252. The molecular weight excluding hydrogens is 167 g/mol. The molecule has 0 aromatic heterocycles. The Kier molecular flexibility index (Phi) is 3.90. The van der Waals surface area contributed by atoms with Crippen LogP contribution < -0.4 is 0 Å². The molecule has 0 fully saturated rings. The Hall–Kier alpha value is -0.890. The van der Waals surface area contributed by atoms with Gasteiger partial charge < -0.3 is 5.11 Å². The number of hydrogen-bond acceptors (Lipinski definition) is 1. The van der Waals surface area contributed by atoms with Gasteiger partial charge in [0.05, 0.1) is 6.61 Å². The van der Waals surface area contributed by atoms with Crippen LogP contribution in [-0.2, 0) is 13.0 Å². The van der Waals surface area contributed by atoms with Crippen molar-refractivity contribution in [1.29, 1.82) is 0 Å². The quantitative estimate of drug-likeness (QED) is 0.759. The summed E-state index contributed by atoms with van der Waals surface area (Å²) in [5.74, 6) is -0.252. The average Bonchev–Trinajstić information content (AvgIpc) is 2.14. The fourth-order valence-corrected chi connectivity index (χ4v) is 1.33.